The normalized spacial score (nSPS) is 17.5. The predicted octanol–water partition coefficient (Wildman–Crippen LogP) is -0.364. The van der Waals surface area contributed by atoms with Crippen LogP contribution in [0.3, 0.4) is 0 Å². The van der Waals surface area contributed by atoms with Gasteiger partial charge in [0.2, 0.25) is 10.0 Å². The Morgan fingerprint density at radius 2 is 2.11 bits per heavy atom. The van der Waals surface area contributed by atoms with E-state index in [1.807, 2.05) is 6.92 Å². The molecule has 2 rings (SSSR count). The third kappa shape index (κ3) is 7.41. The highest BCUT2D eigenvalue weighted by molar-refractivity contribution is 7.89. The Morgan fingerprint density at radius 3 is 2.78 bits per heavy atom. The highest BCUT2D eigenvalue weighted by Gasteiger charge is 2.17. The highest BCUT2D eigenvalue weighted by Crippen LogP contribution is 2.05. The quantitative estimate of drug-likeness (QED) is 0.296. The molecule has 0 aliphatic carbocycles. The first-order valence-electron chi connectivity index (χ1n) is 9.26. The predicted molar refractivity (Wildman–Crippen MR) is 105 cm³/mol. The van der Waals surface area contributed by atoms with Crippen molar-refractivity contribution >= 4 is 16.0 Å². The molecule has 2 heterocycles. The van der Waals surface area contributed by atoms with Crippen LogP contribution in [0.1, 0.15) is 13.8 Å². The fourth-order valence-corrected chi connectivity index (χ4v) is 3.65. The monoisotopic (exact) mass is 398 g/mol. The number of ether oxygens (including phenoxy) is 1. The first kappa shape index (κ1) is 21.5. The molecule has 1 unspecified atom stereocenters. The van der Waals surface area contributed by atoms with Crippen LogP contribution in [-0.4, -0.2) is 82.8 Å². The molecule has 0 saturated carbocycles. The first-order valence-corrected chi connectivity index (χ1v) is 10.7. The van der Waals surface area contributed by atoms with Gasteiger partial charge in [-0.3, -0.25) is 14.9 Å². The standard InChI is InChI=1S/C17H30N6O3S/c1-3-19-17(21-13-15(2)23-9-11-26-12-10-23)20-7-8-22-27(24,25)16-5-4-6-18-14-16/h4-6,14-15,22H,3,7-13H2,1-2H3,(H2,19,20,21). The lowest BCUT2D eigenvalue weighted by atomic mass is 10.2. The van der Waals surface area contributed by atoms with Gasteiger partial charge in [0, 0.05) is 51.2 Å². The number of aliphatic imine (C=N–C) groups is 1. The average molecular weight is 399 g/mol. The van der Waals surface area contributed by atoms with Crippen LogP contribution in [0.4, 0.5) is 0 Å². The van der Waals surface area contributed by atoms with Gasteiger partial charge in [-0.1, -0.05) is 0 Å². The van der Waals surface area contributed by atoms with Crippen molar-refractivity contribution in [3.63, 3.8) is 0 Å². The van der Waals surface area contributed by atoms with Crippen molar-refractivity contribution in [1.29, 1.82) is 0 Å². The lowest BCUT2D eigenvalue weighted by Gasteiger charge is -2.31. The molecule has 0 bridgehead atoms. The molecule has 9 nitrogen and oxygen atoms in total. The van der Waals surface area contributed by atoms with E-state index >= 15 is 0 Å². The Balaban J connectivity index is 1.78. The SMILES string of the molecule is CCNC(=NCC(C)N1CCOCC1)NCCNS(=O)(=O)c1cccnc1. The zero-order chi connectivity index (χ0) is 19.5. The van der Waals surface area contributed by atoms with Gasteiger partial charge >= 0.3 is 0 Å². The molecular weight excluding hydrogens is 368 g/mol. The maximum absolute atomic E-state index is 12.2. The molecule has 152 valence electrons. The molecule has 1 fully saturated rings. The molecule has 0 spiro atoms. The molecule has 0 radical (unpaired) electrons. The summed E-state index contributed by atoms with van der Waals surface area (Å²) in [6.07, 6.45) is 2.87. The number of morpholine rings is 1. The molecule has 1 atom stereocenters. The fraction of sp³-hybridized carbons (Fsp3) is 0.647. The molecule has 1 aliphatic rings. The maximum atomic E-state index is 12.2. The molecule has 0 aromatic carbocycles. The molecule has 1 aromatic heterocycles. The third-order valence-corrected chi connectivity index (χ3v) is 5.63. The largest absolute Gasteiger partial charge is 0.379 e. The van der Waals surface area contributed by atoms with E-state index in [0.717, 1.165) is 32.8 Å². The summed E-state index contributed by atoms with van der Waals surface area (Å²) >= 11 is 0. The Bertz CT molecular complexity index is 677. The van der Waals surface area contributed by atoms with Crippen LogP contribution in [0.15, 0.2) is 34.4 Å². The number of hydrogen-bond acceptors (Lipinski definition) is 6. The Morgan fingerprint density at radius 1 is 1.33 bits per heavy atom. The van der Waals surface area contributed by atoms with E-state index in [-0.39, 0.29) is 11.4 Å². The summed E-state index contributed by atoms with van der Waals surface area (Å²) in [7, 11) is -3.54. The van der Waals surface area contributed by atoms with Crippen molar-refractivity contribution in [2.24, 2.45) is 4.99 Å². The maximum Gasteiger partial charge on any atom is 0.242 e. The number of rotatable bonds is 9. The van der Waals surface area contributed by atoms with Gasteiger partial charge in [0.15, 0.2) is 5.96 Å². The molecule has 10 heteroatoms. The number of aromatic nitrogens is 1. The van der Waals surface area contributed by atoms with Gasteiger partial charge in [0.1, 0.15) is 4.90 Å². The summed E-state index contributed by atoms with van der Waals surface area (Å²) in [5.74, 6) is 0.679. The Hall–Kier alpha value is -1.75. The van der Waals surface area contributed by atoms with Crippen LogP contribution >= 0.6 is 0 Å². The zero-order valence-electron chi connectivity index (χ0n) is 16.0. The van der Waals surface area contributed by atoms with Gasteiger partial charge in [-0.2, -0.15) is 0 Å². The second-order valence-electron chi connectivity index (χ2n) is 6.23. The van der Waals surface area contributed by atoms with Crippen molar-refractivity contribution < 1.29 is 13.2 Å². The van der Waals surface area contributed by atoms with E-state index in [1.54, 1.807) is 6.07 Å². The minimum absolute atomic E-state index is 0.157. The molecule has 1 aromatic rings. The van der Waals surface area contributed by atoms with E-state index < -0.39 is 10.0 Å². The van der Waals surface area contributed by atoms with E-state index in [9.17, 15) is 8.42 Å². The topological polar surface area (TPSA) is 108 Å². The summed E-state index contributed by atoms with van der Waals surface area (Å²) < 4.78 is 32.2. The molecule has 3 N–H and O–H groups in total. The number of hydrogen-bond donors (Lipinski definition) is 3. The molecule has 1 aliphatic heterocycles. The lowest BCUT2D eigenvalue weighted by Crippen LogP contribution is -2.45. The van der Waals surface area contributed by atoms with Crippen LogP contribution in [0, 0.1) is 0 Å². The van der Waals surface area contributed by atoms with Gasteiger partial charge in [-0.15, -0.1) is 0 Å². The molecular formula is C17H30N6O3S. The minimum Gasteiger partial charge on any atom is -0.379 e. The van der Waals surface area contributed by atoms with Crippen molar-refractivity contribution in [3.05, 3.63) is 24.5 Å². The van der Waals surface area contributed by atoms with Crippen molar-refractivity contribution in [1.82, 2.24) is 25.2 Å². The smallest absolute Gasteiger partial charge is 0.242 e. The van der Waals surface area contributed by atoms with Crippen LogP contribution in [-0.2, 0) is 14.8 Å². The van der Waals surface area contributed by atoms with Gasteiger partial charge in [0.25, 0.3) is 0 Å². The van der Waals surface area contributed by atoms with Crippen LogP contribution in [0.5, 0.6) is 0 Å². The summed E-state index contributed by atoms with van der Waals surface area (Å²) in [5, 5.41) is 6.33. The number of nitrogens with zero attached hydrogens (tertiary/aromatic N) is 3. The lowest BCUT2D eigenvalue weighted by molar-refractivity contribution is 0.0220. The van der Waals surface area contributed by atoms with Gasteiger partial charge in [-0.25, -0.2) is 13.1 Å². The molecule has 0 amide bonds. The summed E-state index contributed by atoms with van der Waals surface area (Å²) in [6.45, 7) is 9.61. The number of sulfonamides is 1. The number of nitrogens with one attached hydrogen (secondary N) is 3. The van der Waals surface area contributed by atoms with E-state index in [0.29, 0.717) is 25.1 Å². The van der Waals surface area contributed by atoms with Crippen LogP contribution < -0.4 is 15.4 Å². The second kappa shape index (κ2) is 11.2. The third-order valence-electron chi connectivity index (χ3n) is 4.18. The van der Waals surface area contributed by atoms with Crippen molar-refractivity contribution in [3.8, 4) is 0 Å². The van der Waals surface area contributed by atoms with Crippen LogP contribution in [0.25, 0.3) is 0 Å². The van der Waals surface area contributed by atoms with Gasteiger partial charge < -0.3 is 15.4 Å². The first-order chi connectivity index (χ1) is 13.0. The van der Waals surface area contributed by atoms with E-state index in [1.165, 1.54) is 18.5 Å². The second-order valence-corrected chi connectivity index (χ2v) is 8.00. The van der Waals surface area contributed by atoms with Crippen LogP contribution in [0.2, 0.25) is 0 Å². The highest BCUT2D eigenvalue weighted by atomic mass is 32.2. The Labute approximate surface area is 161 Å². The van der Waals surface area contributed by atoms with E-state index in [4.69, 9.17) is 4.74 Å². The van der Waals surface area contributed by atoms with Crippen molar-refractivity contribution in [2.45, 2.75) is 24.8 Å². The van der Waals surface area contributed by atoms with E-state index in [2.05, 4.69) is 37.2 Å². The number of pyridine rings is 1. The van der Waals surface area contributed by atoms with Gasteiger partial charge in [0.05, 0.1) is 19.8 Å². The minimum atomic E-state index is -3.54. The summed E-state index contributed by atoms with van der Waals surface area (Å²) in [6, 6.07) is 3.44. The zero-order valence-corrected chi connectivity index (χ0v) is 16.8. The fourth-order valence-electron chi connectivity index (χ4n) is 2.65. The summed E-state index contributed by atoms with van der Waals surface area (Å²) in [4.78, 5) is 11.0. The summed E-state index contributed by atoms with van der Waals surface area (Å²) in [5.41, 5.74) is 0. The average Bonchev–Trinajstić information content (AvgIpc) is 2.70. The molecule has 27 heavy (non-hydrogen) atoms. The number of guanidine groups is 1. The molecule has 1 saturated heterocycles. The Kier molecular flexibility index (Phi) is 8.92. The van der Waals surface area contributed by atoms with Crippen molar-refractivity contribution in [2.75, 3.05) is 52.5 Å². The van der Waals surface area contributed by atoms with Gasteiger partial charge in [-0.05, 0) is 26.0 Å².